The minimum Gasteiger partial charge on any atom is -0.478 e. The van der Waals surface area contributed by atoms with Crippen LogP contribution in [-0.2, 0) is 9.59 Å². The summed E-state index contributed by atoms with van der Waals surface area (Å²) in [6.07, 6.45) is 4.03. The van der Waals surface area contributed by atoms with Gasteiger partial charge in [-0.1, -0.05) is 6.08 Å². The summed E-state index contributed by atoms with van der Waals surface area (Å²) in [5.41, 5.74) is 0. The maximum atomic E-state index is 11.2. The number of hydrogen-bond donors (Lipinski definition) is 1. The van der Waals surface area contributed by atoms with Gasteiger partial charge in [-0.05, 0) is 13.3 Å². The highest BCUT2D eigenvalue weighted by Gasteiger charge is 2.25. The van der Waals surface area contributed by atoms with E-state index in [1.807, 2.05) is 6.92 Å². The Morgan fingerprint density at radius 3 is 2.92 bits per heavy atom. The Labute approximate surface area is 76.8 Å². The Bertz CT molecular complexity index is 247. The second-order valence-electron chi connectivity index (χ2n) is 3.17. The molecule has 1 N–H and O–H groups in total. The molecule has 1 fully saturated rings. The summed E-state index contributed by atoms with van der Waals surface area (Å²) in [7, 11) is 0. The monoisotopic (exact) mass is 183 g/mol. The first-order valence-corrected chi connectivity index (χ1v) is 4.30. The normalized spacial score (nSPS) is 23.0. The zero-order valence-electron chi connectivity index (χ0n) is 7.56. The van der Waals surface area contributed by atoms with Gasteiger partial charge in [-0.2, -0.15) is 0 Å². The highest BCUT2D eigenvalue weighted by atomic mass is 16.4. The number of nitrogens with zero attached hydrogens (tertiary/aromatic N) is 1. The number of carboxylic acid groups (broad SMARTS) is 1. The van der Waals surface area contributed by atoms with Gasteiger partial charge in [-0.25, -0.2) is 4.79 Å². The van der Waals surface area contributed by atoms with Crippen molar-refractivity contribution in [3.63, 3.8) is 0 Å². The van der Waals surface area contributed by atoms with E-state index >= 15 is 0 Å². The largest absolute Gasteiger partial charge is 0.478 e. The average molecular weight is 183 g/mol. The van der Waals surface area contributed by atoms with E-state index in [0.717, 1.165) is 12.5 Å². The summed E-state index contributed by atoms with van der Waals surface area (Å²) in [5, 5.41) is 8.33. The van der Waals surface area contributed by atoms with E-state index in [2.05, 4.69) is 0 Å². The number of aliphatic carboxylic acids is 1. The van der Waals surface area contributed by atoms with Crippen LogP contribution in [0.3, 0.4) is 0 Å². The molecule has 1 heterocycles. The minimum absolute atomic E-state index is 0.113. The Hall–Kier alpha value is -1.32. The molecule has 4 heteroatoms. The third kappa shape index (κ3) is 2.57. The van der Waals surface area contributed by atoms with Crippen molar-refractivity contribution in [2.24, 2.45) is 0 Å². The summed E-state index contributed by atoms with van der Waals surface area (Å²) in [5.74, 6) is -0.859. The van der Waals surface area contributed by atoms with E-state index in [1.54, 1.807) is 4.90 Å². The predicted octanol–water partition coefficient (Wildman–Crippen LogP) is 0.638. The number of carboxylic acids is 1. The molecule has 0 aromatic carbocycles. The Kier molecular flexibility index (Phi) is 3.06. The topological polar surface area (TPSA) is 57.6 Å². The number of likely N-dealkylation sites (tertiary alicyclic amines) is 1. The van der Waals surface area contributed by atoms with E-state index in [9.17, 15) is 9.59 Å². The molecule has 1 aliphatic rings. The molecule has 4 nitrogen and oxygen atoms in total. The van der Waals surface area contributed by atoms with Crippen LogP contribution in [0.5, 0.6) is 0 Å². The fourth-order valence-corrected chi connectivity index (χ4v) is 1.43. The van der Waals surface area contributed by atoms with Crippen molar-refractivity contribution in [3.8, 4) is 0 Å². The Morgan fingerprint density at radius 1 is 1.77 bits per heavy atom. The van der Waals surface area contributed by atoms with Crippen molar-refractivity contribution in [3.05, 3.63) is 12.2 Å². The molecule has 0 aliphatic carbocycles. The summed E-state index contributed by atoms with van der Waals surface area (Å²) in [4.78, 5) is 23.0. The van der Waals surface area contributed by atoms with Crippen LogP contribution in [0.1, 0.15) is 19.8 Å². The van der Waals surface area contributed by atoms with Crippen LogP contribution < -0.4 is 0 Å². The van der Waals surface area contributed by atoms with Crippen molar-refractivity contribution in [2.75, 3.05) is 6.54 Å². The molecule has 1 aliphatic heterocycles. The summed E-state index contributed by atoms with van der Waals surface area (Å²) >= 11 is 0. The standard InChI is InChI=1S/C9H13NO3/c1-7-4-5-8(11)10(7)6-2-3-9(12)13/h2-3,7H,4-6H2,1H3,(H,12,13)/b3-2+. The maximum absolute atomic E-state index is 11.2. The van der Waals surface area contributed by atoms with Crippen LogP contribution in [0, 0.1) is 0 Å². The van der Waals surface area contributed by atoms with Crippen LogP contribution in [0.25, 0.3) is 0 Å². The molecule has 0 aromatic heterocycles. The van der Waals surface area contributed by atoms with Gasteiger partial charge in [0.1, 0.15) is 0 Å². The zero-order chi connectivity index (χ0) is 9.84. The van der Waals surface area contributed by atoms with Crippen molar-refractivity contribution in [1.29, 1.82) is 0 Å². The first kappa shape index (κ1) is 9.77. The van der Waals surface area contributed by atoms with E-state index in [-0.39, 0.29) is 11.9 Å². The zero-order valence-corrected chi connectivity index (χ0v) is 7.56. The van der Waals surface area contributed by atoms with Gasteiger partial charge >= 0.3 is 5.97 Å². The average Bonchev–Trinajstić information content (AvgIpc) is 2.34. The molecular weight excluding hydrogens is 170 g/mol. The third-order valence-electron chi connectivity index (χ3n) is 2.19. The van der Waals surface area contributed by atoms with Gasteiger partial charge in [0, 0.05) is 25.1 Å². The van der Waals surface area contributed by atoms with Crippen LogP contribution in [0.15, 0.2) is 12.2 Å². The lowest BCUT2D eigenvalue weighted by molar-refractivity contribution is -0.132. The van der Waals surface area contributed by atoms with Crippen molar-refractivity contribution >= 4 is 11.9 Å². The second-order valence-corrected chi connectivity index (χ2v) is 3.17. The van der Waals surface area contributed by atoms with Crippen molar-refractivity contribution in [1.82, 2.24) is 4.90 Å². The third-order valence-corrected chi connectivity index (χ3v) is 2.19. The highest BCUT2D eigenvalue weighted by molar-refractivity contribution is 5.81. The molecule has 1 atom stereocenters. The predicted molar refractivity (Wildman–Crippen MR) is 47.2 cm³/mol. The fraction of sp³-hybridized carbons (Fsp3) is 0.556. The van der Waals surface area contributed by atoms with Gasteiger partial charge in [0.05, 0.1) is 0 Å². The van der Waals surface area contributed by atoms with Crippen LogP contribution in [0.2, 0.25) is 0 Å². The van der Waals surface area contributed by atoms with Crippen LogP contribution in [0.4, 0.5) is 0 Å². The highest BCUT2D eigenvalue weighted by Crippen LogP contribution is 2.17. The number of carbonyl (C=O) groups excluding carboxylic acids is 1. The van der Waals surface area contributed by atoms with E-state index in [4.69, 9.17) is 5.11 Å². The molecule has 0 saturated carbocycles. The first-order chi connectivity index (χ1) is 6.11. The van der Waals surface area contributed by atoms with E-state index in [1.165, 1.54) is 6.08 Å². The maximum Gasteiger partial charge on any atom is 0.328 e. The van der Waals surface area contributed by atoms with E-state index < -0.39 is 5.97 Å². The van der Waals surface area contributed by atoms with Crippen LogP contribution >= 0.6 is 0 Å². The number of hydrogen-bond acceptors (Lipinski definition) is 2. The SMILES string of the molecule is CC1CCC(=O)N1C/C=C/C(=O)O. The molecular formula is C9H13NO3. The molecule has 0 bridgehead atoms. The lowest BCUT2D eigenvalue weighted by Crippen LogP contribution is -2.30. The molecule has 13 heavy (non-hydrogen) atoms. The molecule has 0 aromatic rings. The Morgan fingerprint density at radius 2 is 2.46 bits per heavy atom. The van der Waals surface area contributed by atoms with Crippen molar-refractivity contribution in [2.45, 2.75) is 25.8 Å². The molecule has 0 spiro atoms. The second kappa shape index (κ2) is 4.07. The quantitative estimate of drug-likeness (QED) is 0.653. The molecule has 1 saturated heterocycles. The van der Waals surface area contributed by atoms with Crippen molar-refractivity contribution < 1.29 is 14.7 Å². The molecule has 1 rings (SSSR count). The number of rotatable bonds is 3. The van der Waals surface area contributed by atoms with Gasteiger partial charge in [0.2, 0.25) is 5.91 Å². The smallest absolute Gasteiger partial charge is 0.328 e. The lowest BCUT2D eigenvalue weighted by atomic mass is 10.2. The van der Waals surface area contributed by atoms with Gasteiger partial charge in [-0.3, -0.25) is 4.79 Å². The van der Waals surface area contributed by atoms with Gasteiger partial charge in [0.25, 0.3) is 0 Å². The van der Waals surface area contributed by atoms with Gasteiger partial charge in [-0.15, -0.1) is 0 Å². The summed E-state index contributed by atoms with van der Waals surface area (Å²) < 4.78 is 0. The molecule has 72 valence electrons. The van der Waals surface area contributed by atoms with Crippen LogP contribution in [-0.4, -0.2) is 34.5 Å². The molecule has 0 radical (unpaired) electrons. The summed E-state index contributed by atoms with van der Waals surface area (Å²) in [6, 6.07) is 0.242. The number of amides is 1. The van der Waals surface area contributed by atoms with E-state index in [0.29, 0.717) is 13.0 Å². The minimum atomic E-state index is -0.973. The Balaban J connectivity index is 2.44. The summed E-state index contributed by atoms with van der Waals surface area (Å²) in [6.45, 7) is 2.38. The van der Waals surface area contributed by atoms with Gasteiger partial charge in [0.15, 0.2) is 0 Å². The first-order valence-electron chi connectivity index (χ1n) is 4.30. The molecule has 1 amide bonds. The lowest BCUT2D eigenvalue weighted by Gasteiger charge is -2.19. The fourth-order valence-electron chi connectivity index (χ4n) is 1.43. The number of carbonyl (C=O) groups is 2. The van der Waals surface area contributed by atoms with Gasteiger partial charge < -0.3 is 10.0 Å². The molecule has 1 unspecified atom stereocenters.